The molecule has 158 valence electrons. The van der Waals surface area contributed by atoms with E-state index in [-0.39, 0.29) is 24.3 Å². The standard InChI is InChI=1S/C22H26N4O4/c23-10-13-9-22(7-2-8-22)25(11-13)12-14-3-1-4-15-18(14)21(30)26(20(15)29)16-5-6-17(27)24-19(16)28/h1,3-4,13,16H,2,5-12,23H2,(H,24,27,28). The van der Waals surface area contributed by atoms with Gasteiger partial charge in [-0.1, -0.05) is 12.1 Å². The molecule has 30 heavy (non-hydrogen) atoms. The number of nitrogens with two attached hydrogens (primary N) is 1. The minimum absolute atomic E-state index is 0.118. The molecule has 3 heterocycles. The van der Waals surface area contributed by atoms with Crippen molar-refractivity contribution in [3.8, 4) is 0 Å². The van der Waals surface area contributed by atoms with E-state index in [2.05, 4.69) is 10.2 Å². The molecule has 2 saturated heterocycles. The smallest absolute Gasteiger partial charge is 0.262 e. The molecule has 8 heteroatoms. The second-order valence-electron chi connectivity index (χ2n) is 9.05. The predicted octanol–water partition coefficient (Wildman–Crippen LogP) is 0.791. The third-order valence-electron chi connectivity index (χ3n) is 7.35. The first kappa shape index (κ1) is 19.4. The van der Waals surface area contributed by atoms with Gasteiger partial charge in [-0.3, -0.25) is 34.3 Å². The summed E-state index contributed by atoms with van der Waals surface area (Å²) in [6.45, 7) is 2.16. The number of imide groups is 2. The highest BCUT2D eigenvalue weighted by Crippen LogP contribution is 2.48. The van der Waals surface area contributed by atoms with Gasteiger partial charge < -0.3 is 5.73 Å². The van der Waals surface area contributed by atoms with E-state index in [0.29, 0.717) is 30.1 Å². The second kappa shape index (κ2) is 6.99. The number of benzene rings is 1. The lowest BCUT2D eigenvalue weighted by Gasteiger charge is -2.46. The topological polar surface area (TPSA) is 113 Å². The molecule has 1 aliphatic carbocycles. The van der Waals surface area contributed by atoms with E-state index in [9.17, 15) is 19.2 Å². The van der Waals surface area contributed by atoms with Crippen molar-refractivity contribution < 1.29 is 19.2 Å². The van der Waals surface area contributed by atoms with Crippen LogP contribution in [0.25, 0.3) is 0 Å². The van der Waals surface area contributed by atoms with Crippen LogP contribution in [0.2, 0.25) is 0 Å². The molecule has 1 spiro atoms. The summed E-state index contributed by atoms with van der Waals surface area (Å²) in [6, 6.07) is 4.42. The Labute approximate surface area is 174 Å². The molecule has 2 unspecified atom stereocenters. The van der Waals surface area contributed by atoms with E-state index in [1.54, 1.807) is 12.1 Å². The number of hydrogen-bond donors (Lipinski definition) is 2. The summed E-state index contributed by atoms with van der Waals surface area (Å²) in [5.41, 5.74) is 7.69. The molecular formula is C22H26N4O4. The zero-order valence-electron chi connectivity index (χ0n) is 16.9. The molecule has 1 saturated carbocycles. The number of nitrogens with one attached hydrogen (secondary N) is 1. The van der Waals surface area contributed by atoms with Crippen LogP contribution in [0.15, 0.2) is 18.2 Å². The average Bonchev–Trinajstić information content (AvgIpc) is 3.19. The molecule has 4 aliphatic rings. The molecule has 2 atom stereocenters. The van der Waals surface area contributed by atoms with E-state index in [4.69, 9.17) is 5.73 Å². The van der Waals surface area contributed by atoms with Gasteiger partial charge in [0, 0.05) is 25.0 Å². The zero-order chi connectivity index (χ0) is 21.0. The van der Waals surface area contributed by atoms with Crippen molar-refractivity contribution in [2.24, 2.45) is 11.7 Å². The van der Waals surface area contributed by atoms with Crippen LogP contribution in [-0.2, 0) is 16.1 Å². The molecule has 0 aromatic heterocycles. The van der Waals surface area contributed by atoms with Crippen molar-refractivity contribution >= 4 is 23.6 Å². The molecule has 3 aliphatic heterocycles. The third-order valence-corrected chi connectivity index (χ3v) is 7.35. The van der Waals surface area contributed by atoms with Gasteiger partial charge in [-0.25, -0.2) is 0 Å². The van der Waals surface area contributed by atoms with Crippen molar-refractivity contribution in [3.63, 3.8) is 0 Å². The molecule has 8 nitrogen and oxygen atoms in total. The Morgan fingerprint density at radius 3 is 2.60 bits per heavy atom. The Balaban J connectivity index is 1.44. The van der Waals surface area contributed by atoms with Gasteiger partial charge in [0.15, 0.2) is 0 Å². The maximum atomic E-state index is 13.3. The van der Waals surface area contributed by atoms with Crippen LogP contribution in [0.3, 0.4) is 0 Å². The number of nitrogens with zero attached hydrogens (tertiary/aromatic N) is 2. The Kier molecular flexibility index (Phi) is 4.52. The average molecular weight is 410 g/mol. The number of likely N-dealkylation sites (tertiary alicyclic amines) is 1. The van der Waals surface area contributed by atoms with Gasteiger partial charge in [-0.2, -0.15) is 0 Å². The summed E-state index contributed by atoms with van der Waals surface area (Å²) >= 11 is 0. The minimum Gasteiger partial charge on any atom is -0.330 e. The number of carbonyl (C=O) groups is 4. The van der Waals surface area contributed by atoms with Crippen molar-refractivity contribution in [3.05, 3.63) is 34.9 Å². The van der Waals surface area contributed by atoms with Crippen LogP contribution in [0.4, 0.5) is 0 Å². The number of rotatable bonds is 4. The molecule has 5 rings (SSSR count). The molecule has 3 fully saturated rings. The van der Waals surface area contributed by atoms with E-state index in [1.807, 2.05) is 6.07 Å². The van der Waals surface area contributed by atoms with Crippen LogP contribution >= 0.6 is 0 Å². The molecule has 0 bridgehead atoms. The molecular weight excluding hydrogens is 384 g/mol. The maximum Gasteiger partial charge on any atom is 0.262 e. The summed E-state index contributed by atoms with van der Waals surface area (Å²) in [4.78, 5) is 53.6. The molecule has 1 aromatic rings. The van der Waals surface area contributed by atoms with Gasteiger partial charge >= 0.3 is 0 Å². The molecule has 0 radical (unpaired) electrons. The number of fused-ring (bicyclic) bond motifs is 1. The van der Waals surface area contributed by atoms with Gasteiger partial charge in [0.1, 0.15) is 6.04 Å². The zero-order valence-corrected chi connectivity index (χ0v) is 16.9. The number of carbonyl (C=O) groups excluding carboxylic acids is 4. The van der Waals surface area contributed by atoms with Crippen molar-refractivity contribution in [2.75, 3.05) is 13.1 Å². The Hall–Kier alpha value is -2.58. The first-order valence-electron chi connectivity index (χ1n) is 10.7. The maximum absolute atomic E-state index is 13.3. The van der Waals surface area contributed by atoms with Crippen molar-refractivity contribution in [1.82, 2.24) is 15.1 Å². The van der Waals surface area contributed by atoms with Crippen molar-refractivity contribution in [1.29, 1.82) is 0 Å². The van der Waals surface area contributed by atoms with E-state index >= 15 is 0 Å². The number of hydrogen-bond acceptors (Lipinski definition) is 6. The summed E-state index contributed by atoms with van der Waals surface area (Å²) in [5, 5.41) is 2.24. The highest BCUT2D eigenvalue weighted by Gasteiger charge is 2.50. The van der Waals surface area contributed by atoms with Crippen molar-refractivity contribution in [2.45, 2.75) is 56.7 Å². The second-order valence-corrected chi connectivity index (χ2v) is 9.05. The monoisotopic (exact) mass is 410 g/mol. The van der Waals surface area contributed by atoms with Gasteiger partial charge in [0.25, 0.3) is 11.8 Å². The lowest BCUT2D eigenvalue weighted by Crippen LogP contribution is -2.54. The van der Waals surface area contributed by atoms with Gasteiger partial charge in [-0.05, 0) is 56.2 Å². The fourth-order valence-electron chi connectivity index (χ4n) is 5.65. The number of piperidine rings is 1. The third kappa shape index (κ3) is 2.81. The highest BCUT2D eigenvalue weighted by atomic mass is 16.2. The first-order valence-corrected chi connectivity index (χ1v) is 10.7. The van der Waals surface area contributed by atoms with E-state index in [0.717, 1.165) is 36.3 Å². The SMILES string of the molecule is NCC1CN(Cc2cccc3c2C(=O)N(C2CCC(=O)NC2=O)C3=O)C2(CCC2)C1. The predicted molar refractivity (Wildman–Crippen MR) is 107 cm³/mol. The molecule has 3 N–H and O–H groups in total. The van der Waals surface area contributed by atoms with Crippen LogP contribution in [0, 0.1) is 5.92 Å². The number of amides is 4. The highest BCUT2D eigenvalue weighted by molar-refractivity contribution is 6.24. The van der Waals surface area contributed by atoms with Gasteiger partial charge in [-0.15, -0.1) is 0 Å². The molecule has 1 aromatic carbocycles. The summed E-state index contributed by atoms with van der Waals surface area (Å²) in [5.74, 6) is -1.38. The normalized spacial score (nSPS) is 28.1. The van der Waals surface area contributed by atoms with E-state index < -0.39 is 23.8 Å². The Morgan fingerprint density at radius 1 is 1.13 bits per heavy atom. The molecule has 4 amide bonds. The minimum atomic E-state index is -0.936. The quantitative estimate of drug-likeness (QED) is 0.710. The largest absolute Gasteiger partial charge is 0.330 e. The van der Waals surface area contributed by atoms with Crippen LogP contribution in [0.1, 0.15) is 64.8 Å². The summed E-state index contributed by atoms with van der Waals surface area (Å²) in [7, 11) is 0. The van der Waals surface area contributed by atoms with Gasteiger partial charge in [0.2, 0.25) is 11.8 Å². The van der Waals surface area contributed by atoms with E-state index in [1.165, 1.54) is 6.42 Å². The Morgan fingerprint density at radius 2 is 1.93 bits per heavy atom. The van der Waals surface area contributed by atoms with Gasteiger partial charge in [0.05, 0.1) is 11.1 Å². The fraction of sp³-hybridized carbons (Fsp3) is 0.545. The van der Waals surface area contributed by atoms with Crippen LogP contribution < -0.4 is 11.1 Å². The lowest BCUT2D eigenvalue weighted by atomic mass is 9.73. The summed E-state index contributed by atoms with van der Waals surface area (Å²) < 4.78 is 0. The lowest BCUT2D eigenvalue weighted by molar-refractivity contribution is -0.136. The van der Waals surface area contributed by atoms with Crippen LogP contribution in [0.5, 0.6) is 0 Å². The van der Waals surface area contributed by atoms with Crippen LogP contribution in [-0.4, -0.2) is 58.1 Å². The fourth-order valence-corrected chi connectivity index (χ4v) is 5.65. The summed E-state index contributed by atoms with van der Waals surface area (Å²) in [6.07, 6.45) is 4.88. The first-order chi connectivity index (χ1) is 14.4. The Bertz CT molecular complexity index is 954.